The van der Waals surface area contributed by atoms with Crippen LogP contribution in [0, 0.1) is 0 Å². The van der Waals surface area contributed by atoms with Gasteiger partial charge in [-0.15, -0.1) is 0 Å². The number of carbonyl (C=O) groups is 2. The van der Waals surface area contributed by atoms with Crippen molar-refractivity contribution < 1.29 is 22.7 Å². The minimum Gasteiger partial charge on any atom is -0.497 e. The van der Waals surface area contributed by atoms with Crippen molar-refractivity contribution in [2.24, 2.45) is 0 Å². The molecule has 3 aromatic rings. The van der Waals surface area contributed by atoms with Crippen molar-refractivity contribution in [2.45, 2.75) is 24.4 Å². The van der Waals surface area contributed by atoms with Gasteiger partial charge in [-0.1, -0.05) is 53.5 Å². The Hall–Kier alpha value is -3.27. The Morgan fingerprint density at radius 3 is 2.35 bits per heavy atom. The smallest absolute Gasteiger partial charge is 0.264 e. The summed E-state index contributed by atoms with van der Waals surface area (Å²) in [5.41, 5.74) is 0.738. The zero-order chi connectivity index (χ0) is 27.2. The lowest BCUT2D eigenvalue weighted by atomic mass is 10.1. The Morgan fingerprint density at radius 2 is 1.70 bits per heavy atom. The van der Waals surface area contributed by atoms with Crippen LogP contribution in [0.25, 0.3) is 0 Å². The molecule has 0 spiro atoms. The SMILES string of the molecule is CNC(=O)[C@@H](C)N(Cc1cccc(OC)c1)C(=O)CN(c1cc(Cl)ccc1Cl)S(=O)(=O)c1ccccc1. The number of anilines is 1. The van der Waals surface area contributed by atoms with E-state index in [2.05, 4.69) is 5.32 Å². The van der Waals surface area contributed by atoms with Gasteiger partial charge in [0.15, 0.2) is 0 Å². The first-order chi connectivity index (χ1) is 17.6. The van der Waals surface area contributed by atoms with Crippen LogP contribution in [0.15, 0.2) is 77.7 Å². The van der Waals surface area contributed by atoms with Crippen molar-refractivity contribution >= 4 is 50.7 Å². The number of methoxy groups -OCH3 is 1. The molecular weight excluding hydrogens is 537 g/mol. The first-order valence-corrected chi connectivity index (χ1v) is 13.4. The van der Waals surface area contributed by atoms with E-state index in [9.17, 15) is 18.0 Å². The van der Waals surface area contributed by atoms with E-state index in [0.29, 0.717) is 11.3 Å². The summed E-state index contributed by atoms with van der Waals surface area (Å²) in [6.45, 7) is 0.981. The van der Waals surface area contributed by atoms with Gasteiger partial charge in [-0.2, -0.15) is 0 Å². The van der Waals surface area contributed by atoms with Crippen molar-refractivity contribution in [1.29, 1.82) is 0 Å². The number of ether oxygens (including phenoxy) is 1. The fraction of sp³-hybridized carbons (Fsp3) is 0.231. The lowest BCUT2D eigenvalue weighted by molar-refractivity contribution is -0.139. The largest absolute Gasteiger partial charge is 0.497 e. The van der Waals surface area contributed by atoms with Crippen molar-refractivity contribution in [3.8, 4) is 5.75 Å². The van der Waals surface area contributed by atoms with Gasteiger partial charge in [-0.25, -0.2) is 8.42 Å². The summed E-state index contributed by atoms with van der Waals surface area (Å²) >= 11 is 12.5. The molecule has 0 radical (unpaired) electrons. The number of nitrogens with one attached hydrogen (secondary N) is 1. The van der Waals surface area contributed by atoms with Crippen LogP contribution >= 0.6 is 23.2 Å². The van der Waals surface area contributed by atoms with Gasteiger partial charge in [0.1, 0.15) is 18.3 Å². The Balaban J connectivity index is 2.07. The maximum Gasteiger partial charge on any atom is 0.264 e. The Morgan fingerprint density at radius 1 is 1.00 bits per heavy atom. The zero-order valence-electron chi connectivity index (χ0n) is 20.5. The van der Waals surface area contributed by atoms with Crippen molar-refractivity contribution in [3.63, 3.8) is 0 Å². The van der Waals surface area contributed by atoms with Gasteiger partial charge in [0.25, 0.3) is 10.0 Å². The van der Waals surface area contributed by atoms with Crippen LogP contribution in [0.4, 0.5) is 5.69 Å². The summed E-state index contributed by atoms with van der Waals surface area (Å²) in [5.74, 6) is -0.444. The molecule has 1 N–H and O–H groups in total. The maximum atomic E-state index is 13.8. The molecule has 37 heavy (non-hydrogen) atoms. The highest BCUT2D eigenvalue weighted by Crippen LogP contribution is 2.33. The van der Waals surface area contributed by atoms with Crippen LogP contribution in [0.5, 0.6) is 5.75 Å². The average Bonchev–Trinajstić information content (AvgIpc) is 2.91. The molecule has 0 bridgehead atoms. The molecule has 0 aromatic heterocycles. The zero-order valence-corrected chi connectivity index (χ0v) is 22.8. The van der Waals surface area contributed by atoms with Gasteiger partial charge in [0.2, 0.25) is 11.8 Å². The van der Waals surface area contributed by atoms with Gasteiger partial charge in [0.05, 0.1) is 22.7 Å². The third-order valence-corrected chi connectivity index (χ3v) is 8.02. The van der Waals surface area contributed by atoms with E-state index < -0.39 is 34.4 Å². The molecule has 196 valence electrons. The fourth-order valence-electron chi connectivity index (χ4n) is 3.67. The number of carbonyl (C=O) groups excluding carboxylic acids is 2. The van der Waals surface area contributed by atoms with Crippen LogP contribution in [0.3, 0.4) is 0 Å². The fourth-order valence-corrected chi connectivity index (χ4v) is 5.55. The Bertz CT molecular complexity index is 1370. The van der Waals surface area contributed by atoms with E-state index in [1.54, 1.807) is 49.4 Å². The number of halogens is 2. The lowest BCUT2D eigenvalue weighted by Gasteiger charge is -2.32. The van der Waals surface area contributed by atoms with Crippen molar-refractivity contribution in [2.75, 3.05) is 25.0 Å². The molecular formula is C26H27Cl2N3O5S. The summed E-state index contributed by atoms with van der Waals surface area (Å²) in [5, 5.41) is 2.87. The van der Waals surface area contributed by atoms with E-state index in [-0.39, 0.29) is 27.2 Å². The van der Waals surface area contributed by atoms with E-state index in [1.807, 2.05) is 0 Å². The van der Waals surface area contributed by atoms with Crippen molar-refractivity contribution in [3.05, 3.63) is 88.4 Å². The van der Waals surface area contributed by atoms with Crippen LogP contribution in [0.1, 0.15) is 12.5 Å². The Kier molecular flexibility index (Phi) is 9.42. The van der Waals surface area contributed by atoms with Crippen LogP contribution in [-0.4, -0.2) is 51.9 Å². The van der Waals surface area contributed by atoms with E-state index in [4.69, 9.17) is 27.9 Å². The van der Waals surface area contributed by atoms with Gasteiger partial charge in [-0.3, -0.25) is 13.9 Å². The summed E-state index contributed by atoms with van der Waals surface area (Å²) < 4.78 is 33.6. The molecule has 2 amide bonds. The third kappa shape index (κ3) is 6.74. The van der Waals surface area contributed by atoms with Gasteiger partial charge < -0.3 is 15.0 Å². The summed E-state index contributed by atoms with van der Waals surface area (Å²) in [7, 11) is -1.25. The molecule has 0 fully saturated rings. The van der Waals surface area contributed by atoms with Crippen LogP contribution in [-0.2, 0) is 26.2 Å². The summed E-state index contributed by atoms with van der Waals surface area (Å²) in [6, 6.07) is 18.2. The number of rotatable bonds is 10. The van der Waals surface area contributed by atoms with Crippen molar-refractivity contribution in [1.82, 2.24) is 10.2 Å². The highest BCUT2D eigenvalue weighted by Gasteiger charge is 2.33. The molecule has 0 aliphatic carbocycles. The predicted octanol–water partition coefficient (Wildman–Crippen LogP) is 4.36. The molecule has 0 saturated carbocycles. The number of benzene rings is 3. The number of sulfonamides is 1. The minimum atomic E-state index is -4.23. The summed E-state index contributed by atoms with van der Waals surface area (Å²) in [6.07, 6.45) is 0. The highest BCUT2D eigenvalue weighted by molar-refractivity contribution is 7.92. The van der Waals surface area contributed by atoms with E-state index >= 15 is 0 Å². The number of nitrogens with zero attached hydrogens (tertiary/aromatic N) is 2. The first kappa shape index (κ1) is 28.3. The molecule has 0 saturated heterocycles. The van der Waals surface area contributed by atoms with E-state index in [1.165, 1.54) is 49.4 Å². The topological polar surface area (TPSA) is 96.0 Å². The third-order valence-electron chi connectivity index (χ3n) is 5.69. The highest BCUT2D eigenvalue weighted by atomic mass is 35.5. The number of amides is 2. The molecule has 8 nitrogen and oxygen atoms in total. The second-order valence-corrected chi connectivity index (χ2v) is 10.8. The average molecular weight is 564 g/mol. The number of hydrogen-bond acceptors (Lipinski definition) is 5. The summed E-state index contributed by atoms with van der Waals surface area (Å²) in [4.78, 5) is 27.6. The van der Waals surface area contributed by atoms with E-state index in [0.717, 1.165) is 4.31 Å². The molecule has 11 heteroatoms. The molecule has 0 unspecified atom stereocenters. The van der Waals surface area contributed by atoms with Crippen LogP contribution in [0.2, 0.25) is 10.0 Å². The Labute approximate surface area is 226 Å². The van der Waals surface area contributed by atoms with Gasteiger partial charge >= 0.3 is 0 Å². The quantitative estimate of drug-likeness (QED) is 0.395. The molecule has 3 rings (SSSR count). The number of hydrogen-bond donors (Lipinski definition) is 1. The monoisotopic (exact) mass is 563 g/mol. The molecule has 1 atom stereocenters. The molecule has 0 aliphatic rings. The first-order valence-electron chi connectivity index (χ1n) is 11.2. The standard InChI is InChI=1S/C26H27Cl2N3O5S/c1-18(26(33)29-2)30(16-19-8-7-9-21(14-19)36-3)25(32)17-31(24-15-20(27)12-13-23(24)28)37(34,35)22-10-5-4-6-11-22/h4-15,18H,16-17H2,1-3H3,(H,29,33)/t18-/m1/s1. The van der Waals surface area contributed by atoms with Crippen LogP contribution < -0.4 is 14.4 Å². The second kappa shape index (κ2) is 12.3. The predicted molar refractivity (Wildman–Crippen MR) is 145 cm³/mol. The molecule has 0 heterocycles. The lowest BCUT2D eigenvalue weighted by Crippen LogP contribution is -2.50. The normalized spacial score (nSPS) is 11.9. The minimum absolute atomic E-state index is 0.0301. The maximum absolute atomic E-state index is 13.8. The van der Waals surface area contributed by atoms with Gasteiger partial charge in [-0.05, 0) is 55.0 Å². The molecule has 3 aromatic carbocycles. The molecule has 0 aliphatic heterocycles. The van der Waals surface area contributed by atoms with Gasteiger partial charge in [0, 0.05) is 18.6 Å². The second-order valence-electron chi connectivity index (χ2n) is 8.08. The number of likely N-dealkylation sites (N-methyl/N-ethyl adjacent to an activating group) is 1.